The molecule has 0 spiro atoms. The van der Waals surface area contributed by atoms with E-state index >= 15 is 0 Å². The molecule has 0 aliphatic carbocycles. The Morgan fingerprint density at radius 3 is 3.06 bits per heavy atom. The average Bonchev–Trinajstić information content (AvgIpc) is 2.76. The number of nitrogens with two attached hydrogens (primary N) is 1. The van der Waals surface area contributed by atoms with E-state index in [9.17, 15) is 4.79 Å². The first-order chi connectivity index (χ1) is 8.65. The minimum absolute atomic E-state index is 0.135. The van der Waals surface area contributed by atoms with Gasteiger partial charge < -0.3 is 15.4 Å². The number of aryl methyl sites for hydroxylation is 1. The van der Waals surface area contributed by atoms with Crippen LogP contribution >= 0.6 is 0 Å². The van der Waals surface area contributed by atoms with Crippen LogP contribution in [0.4, 0.5) is 0 Å². The van der Waals surface area contributed by atoms with Gasteiger partial charge in [-0.15, -0.1) is 0 Å². The molecule has 2 rings (SSSR count). The zero-order valence-electron chi connectivity index (χ0n) is 10.8. The van der Waals surface area contributed by atoms with E-state index in [1.165, 1.54) is 0 Å². The molecule has 98 valence electrons. The molecule has 1 amide bonds. The Labute approximate surface area is 108 Å². The summed E-state index contributed by atoms with van der Waals surface area (Å²) in [5.74, 6) is 0.955. The lowest BCUT2D eigenvalue weighted by molar-refractivity contribution is -0.130. The smallest absolute Gasteiger partial charge is 0.226 e. The second-order valence-electron chi connectivity index (χ2n) is 4.80. The van der Waals surface area contributed by atoms with Gasteiger partial charge in [0.2, 0.25) is 5.91 Å². The van der Waals surface area contributed by atoms with Gasteiger partial charge in [0.15, 0.2) is 0 Å². The first kappa shape index (κ1) is 12.9. The highest BCUT2D eigenvalue weighted by Gasteiger charge is 2.22. The van der Waals surface area contributed by atoms with Gasteiger partial charge >= 0.3 is 0 Å². The summed E-state index contributed by atoms with van der Waals surface area (Å²) in [4.78, 5) is 13.7. The number of carbonyl (C=O) groups is 1. The monoisotopic (exact) mass is 248 g/mol. The van der Waals surface area contributed by atoms with Crippen molar-refractivity contribution in [2.24, 2.45) is 5.73 Å². The Bertz CT molecular complexity index is 420. The maximum absolute atomic E-state index is 11.8. The molecule has 0 aromatic heterocycles. The lowest BCUT2D eigenvalue weighted by Crippen LogP contribution is -2.32. The van der Waals surface area contributed by atoms with Crippen molar-refractivity contribution in [3.8, 4) is 5.75 Å². The van der Waals surface area contributed by atoms with E-state index < -0.39 is 0 Å². The van der Waals surface area contributed by atoms with E-state index in [4.69, 9.17) is 10.5 Å². The number of carbonyl (C=O) groups excluding carboxylic acids is 1. The normalized spacial score (nSPS) is 19.0. The highest BCUT2D eigenvalue weighted by Crippen LogP contribution is 2.13. The molecule has 1 aromatic carbocycles. The molecule has 1 atom stereocenters. The summed E-state index contributed by atoms with van der Waals surface area (Å²) in [6.07, 6.45) is 1.32. The number of nitrogens with zero attached hydrogens (tertiary/aromatic N) is 1. The van der Waals surface area contributed by atoms with Crippen LogP contribution in [0.3, 0.4) is 0 Å². The molecule has 1 heterocycles. The van der Waals surface area contributed by atoms with Crippen LogP contribution < -0.4 is 10.5 Å². The molecule has 0 radical (unpaired) electrons. The summed E-state index contributed by atoms with van der Waals surface area (Å²) in [5.41, 5.74) is 6.93. The van der Waals surface area contributed by atoms with Crippen molar-refractivity contribution in [2.75, 3.05) is 19.7 Å². The summed E-state index contributed by atoms with van der Waals surface area (Å²) in [7, 11) is 0. The van der Waals surface area contributed by atoms with Crippen LogP contribution in [0.2, 0.25) is 0 Å². The molecular weight excluding hydrogens is 228 g/mol. The summed E-state index contributed by atoms with van der Waals surface area (Å²) < 4.78 is 5.57. The minimum atomic E-state index is 0.135. The fourth-order valence-electron chi connectivity index (χ4n) is 2.13. The zero-order chi connectivity index (χ0) is 13.0. The number of hydrogen-bond acceptors (Lipinski definition) is 3. The van der Waals surface area contributed by atoms with E-state index in [1.54, 1.807) is 0 Å². The van der Waals surface area contributed by atoms with Gasteiger partial charge in [-0.2, -0.15) is 0 Å². The Morgan fingerprint density at radius 1 is 1.56 bits per heavy atom. The van der Waals surface area contributed by atoms with Gasteiger partial charge in [-0.05, 0) is 31.0 Å². The van der Waals surface area contributed by atoms with Crippen LogP contribution in [-0.2, 0) is 4.79 Å². The van der Waals surface area contributed by atoms with Crippen molar-refractivity contribution < 1.29 is 9.53 Å². The Morgan fingerprint density at radius 2 is 2.39 bits per heavy atom. The van der Waals surface area contributed by atoms with Crippen molar-refractivity contribution in [1.29, 1.82) is 0 Å². The molecule has 4 nitrogen and oxygen atoms in total. The van der Waals surface area contributed by atoms with Crippen molar-refractivity contribution >= 4 is 5.91 Å². The molecule has 0 bridgehead atoms. The van der Waals surface area contributed by atoms with Gasteiger partial charge in [-0.3, -0.25) is 4.79 Å². The Balaban J connectivity index is 1.73. The molecular formula is C14H20N2O2. The molecule has 1 unspecified atom stereocenters. The third-order valence-corrected chi connectivity index (χ3v) is 3.15. The molecule has 2 N–H and O–H groups in total. The molecule has 1 saturated heterocycles. The Hall–Kier alpha value is -1.55. The number of ether oxygens (including phenoxy) is 1. The van der Waals surface area contributed by atoms with Gasteiger partial charge in [0.05, 0.1) is 13.0 Å². The van der Waals surface area contributed by atoms with Gasteiger partial charge in [-0.1, -0.05) is 12.1 Å². The number of rotatable bonds is 4. The molecule has 1 aliphatic rings. The van der Waals surface area contributed by atoms with Gasteiger partial charge in [0, 0.05) is 19.1 Å². The van der Waals surface area contributed by atoms with E-state index in [0.717, 1.165) is 24.3 Å². The van der Waals surface area contributed by atoms with Crippen LogP contribution in [0.25, 0.3) is 0 Å². The number of benzene rings is 1. The van der Waals surface area contributed by atoms with E-state index in [1.807, 2.05) is 36.1 Å². The van der Waals surface area contributed by atoms with Gasteiger partial charge in [-0.25, -0.2) is 0 Å². The first-order valence-electron chi connectivity index (χ1n) is 6.38. The summed E-state index contributed by atoms with van der Waals surface area (Å²) >= 11 is 0. The first-order valence-corrected chi connectivity index (χ1v) is 6.38. The standard InChI is InChI=1S/C14H20N2O2/c1-11-3-2-4-13(9-11)18-8-6-14(17)16-7-5-12(15)10-16/h2-4,9,12H,5-8,10,15H2,1H3. The lowest BCUT2D eigenvalue weighted by Gasteiger charge is -2.15. The summed E-state index contributed by atoms with van der Waals surface area (Å²) in [6.45, 7) is 3.91. The molecule has 1 aliphatic heterocycles. The number of amides is 1. The predicted octanol–water partition coefficient (Wildman–Crippen LogP) is 1.32. The second-order valence-corrected chi connectivity index (χ2v) is 4.80. The third-order valence-electron chi connectivity index (χ3n) is 3.15. The van der Waals surface area contributed by atoms with Crippen molar-refractivity contribution in [2.45, 2.75) is 25.8 Å². The number of likely N-dealkylation sites (tertiary alicyclic amines) is 1. The highest BCUT2D eigenvalue weighted by molar-refractivity contribution is 5.76. The molecule has 1 fully saturated rings. The lowest BCUT2D eigenvalue weighted by atomic mass is 10.2. The maximum Gasteiger partial charge on any atom is 0.226 e. The molecule has 4 heteroatoms. The predicted molar refractivity (Wildman–Crippen MR) is 70.5 cm³/mol. The van der Waals surface area contributed by atoms with Crippen LogP contribution in [0.15, 0.2) is 24.3 Å². The SMILES string of the molecule is Cc1cccc(OCCC(=O)N2CCC(N)C2)c1. The highest BCUT2D eigenvalue weighted by atomic mass is 16.5. The Kier molecular flexibility index (Phi) is 4.20. The quantitative estimate of drug-likeness (QED) is 0.874. The van der Waals surface area contributed by atoms with Crippen molar-refractivity contribution in [1.82, 2.24) is 4.90 Å². The summed E-state index contributed by atoms with van der Waals surface area (Å²) in [5, 5.41) is 0. The summed E-state index contributed by atoms with van der Waals surface area (Å²) in [6, 6.07) is 7.99. The largest absolute Gasteiger partial charge is 0.493 e. The zero-order valence-corrected chi connectivity index (χ0v) is 10.8. The fourth-order valence-corrected chi connectivity index (χ4v) is 2.13. The second kappa shape index (κ2) is 5.87. The molecule has 0 saturated carbocycles. The fraction of sp³-hybridized carbons (Fsp3) is 0.500. The average molecular weight is 248 g/mol. The topological polar surface area (TPSA) is 55.6 Å². The van der Waals surface area contributed by atoms with Crippen molar-refractivity contribution in [3.63, 3.8) is 0 Å². The molecule has 18 heavy (non-hydrogen) atoms. The van der Waals surface area contributed by atoms with Gasteiger partial charge in [0.1, 0.15) is 5.75 Å². The van der Waals surface area contributed by atoms with Crippen LogP contribution in [0.1, 0.15) is 18.4 Å². The van der Waals surface area contributed by atoms with E-state index in [-0.39, 0.29) is 11.9 Å². The molecule has 1 aromatic rings. The van der Waals surface area contributed by atoms with Crippen LogP contribution in [-0.4, -0.2) is 36.5 Å². The van der Waals surface area contributed by atoms with Crippen LogP contribution in [0.5, 0.6) is 5.75 Å². The van der Waals surface area contributed by atoms with Crippen LogP contribution in [0, 0.1) is 6.92 Å². The van der Waals surface area contributed by atoms with E-state index in [0.29, 0.717) is 19.6 Å². The number of hydrogen-bond donors (Lipinski definition) is 1. The van der Waals surface area contributed by atoms with Crippen molar-refractivity contribution in [3.05, 3.63) is 29.8 Å². The third kappa shape index (κ3) is 3.47. The minimum Gasteiger partial charge on any atom is -0.493 e. The maximum atomic E-state index is 11.8. The van der Waals surface area contributed by atoms with Gasteiger partial charge in [0.25, 0.3) is 0 Å². The van der Waals surface area contributed by atoms with E-state index in [2.05, 4.69) is 0 Å².